The van der Waals surface area contributed by atoms with Crippen LogP contribution in [0.3, 0.4) is 0 Å². The van der Waals surface area contributed by atoms with E-state index in [2.05, 4.69) is 0 Å². The zero-order valence-electron chi connectivity index (χ0n) is 6.31. The van der Waals surface area contributed by atoms with Crippen molar-refractivity contribution in [2.24, 2.45) is 5.41 Å². The molecule has 5 heteroatoms. The van der Waals surface area contributed by atoms with Gasteiger partial charge in [-0.1, -0.05) is 0 Å². The van der Waals surface area contributed by atoms with Gasteiger partial charge in [-0.15, -0.1) is 0 Å². The van der Waals surface area contributed by atoms with Crippen LogP contribution in [0.1, 0.15) is 0 Å². The molecule has 0 aromatic rings. The van der Waals surface area contributed by atoms with E-state index in [-0.39, 0.29) is 0 Å². The van der Waals surface area contributed by atoms with E-state index in [0.717, 1.165) is 6.08 Å². The summed E-state index contributed by atoms with van der Waals surface area (Å²) in [6, 6.07) is 7.12. The lowest BCUT2D eigenvalue weighted by Gasteiger charge is -2.04. The maximum Gasteiger partial charge on any atom is 0.263 e. The summed E-state index contributed by atoms with van der Waals surface area (Å²) < 4.78 is 0. The van der Waals surface area contributed by atoms with Gasteiger partial charge in [0.1, 0.15) is 18.2 Å². The summed E-state index contributed by atoms with van der Waals surface area (Å²) in [5.41, 5.74) is -2.62. The van der Waals surface area contributed by atoms with Crippen LogP contribution in [0.15, 0.2) is 11.6 Å². The molecule has 0 unspecified atom stereocenters. The largest absolute Gasteiger partial charge is 0.263 e. The quantitative estimate of drug-likeness (QED) is 0.527. The molecule has 0 heterocycles. The Balaban J connectivity index is 5.57. The number of hydrogen-bond donors (Lipinski definition) is 0. The highest BCUT2D eigenvalue weighted by Gasteiger charge is 2.35. The molecule has 0 atom stereocenters. The molecule has 0 spiro atoms. The van der Waals surface area contributed by atoms with Gasteiger partial charge in [-0.05, 0) is 0 Å². The summed E-state index contributed by atoms with van der Waals surface area (Å²) >= 11 is 0. The van der Waals surface area contributed by atoms with Crippen molar-refractivity contribution in [3.63, 3.8) is 0 Å². The van der Waals surface area contributed by atoms with Crippen molar-refractivity contribution >= 4 is 0 Å². The first-order valence-corrected chi connectivity index (χ1v) is 2.95. The molecule has 0 bridgehead atoms. The van der Waals surface area contributed by atoms with Crippen LogP contribution in [0.5, 0.6) is 0 Å². The van der Waals surface area contributed by atoms with Crippen LogP contribution in [0.2, 0.25) is 0 Å². The normalized spacial score (nSPS) is 9.62. The average molecular weight is 167 g/mol. The van der Waals surface area contributed by atoms with E-state index in [1.165, 1.54) is 30.3 Å². The lowest BCUT2D eigenvalue weighted by atomic mass is 9.85. The highest BCUT2D eigenvalue weighted by atomic mass is 14.5. The lowest BCUT2D eigenvalue weighted by molar-refractivity contribution is 0.836. The van der Waals surface area contributed by atoms with Crippen LogP contribution in [0.25, 0.3) is 0 Å². The van der Waals surface area contributed by atoms with Gasteiger partial charge in [0, 0.05) is 6.08 Å². The van der Waals surface area contributed by atoms with Gasteiger partial charge < -0.3 is 0 Å². The van der Waals surface area contributed by atoms with Gasteiger partial charge in [0.25, 0.3) is 5.41 Å². The molecule has 0 aromatic heterocycles. The molecule has 0 aliphatic heterocycles. The lowest BCUT2D eigenvalue weighted by Crippen LogP contribution is -2.15. The van der Waals surface area contributed by atoms with Crippen LogP contribution in [-0.4, -0.2) is 0 Å². The topological polar surface area (TPSA) is 119 Å². The molecule has 58 valence electrons. The van der Waals surface area contributed by atoms with E-state index >= 15 is 0 Å². The van der Waals surface area contributed by atoms with E-state index in [4.69, 9.17) is 26.3 Å². The molecule has 0 aromatic carbocycles. The minimum atomic E-state index is -2.16. The summed E-state index contributed by atoms with van der Waals surface area (Å²) in [7, 11) is 0. The SMILES string of the molecule is N#C/C=C(/C#N)C(C#N)(C#N)C#N. The van der Waals surface area contributed by atoms with Gasteiger partial charge in [0.15, 0.2) is 0 Å². The Morgan fingerprint density at radius 1 is 0.923 bits per heavy atom. The van der Waals surface area contributed by atoms with E-state index in [0.29, 0.717) is 0 Å². The predicted molar refractivity (Wildman–Crippen MR) is 38.6 cm³/mol. The monoisotopic (exact) mass is 167 g/mol. The molecule has 0 aliphatic rings. The Morgan fingerprint density at radius 2 is 1.38 bits per heavy atom. The third-order valence-electron chi connectivity index (χ3n) is 1.24. The van der Waals surface area contributed by atoms with Crippen molar-refractivity contribution in [1.82, 2.24) is 0 Å². The molecule has 0 aliphatic carbocycles. The Labute approximate surface area is 74.6 Å². The third kappa shape index (κ3) is 1.61. The number of nitrogens with zero attached hydrogens (tertiary/aromatic N) is 5. The average Bonchev–Trinajstić information content (AvgIpc) is 2.19. The third-order valence-corrected chi connectivity index (χ3v) is 1.24. The Morgan fingerprint density at radius 3 is 1.62 bits per heavy atom. The second kappa shape index (κ2) is 4.15. The minimum absolute atomic E-state index is 0.456. The number of nitriles is 5. The van der Waals surface area contributed by atoms with Crippen molar-refractivity contribution in [2.75, 3.05) is 0 Å². The molecule has 13 heavy (non-hydrogen) atoms. The van der Waals surface area contributed by atoms with E-state index in [1.807, 2.05) is 0 Å². The van der Waals surface area contributed by atoms with Crippen molar-refractivity contribution in [1.29, 1.82) is 26.3 Å². The molecule has 5 nitrogen and oxygen atoms in total. The number of allylic oxidation sites excluding steroid dienone is 2. The summed E-state index contributed by atoms with van der Waals surface area (Å²) in [5, 5.41) is 42.2. The second-order valence-corrected chi connectivity index (χ2v) is 1.88. The summed E-state index contributed by atoms with van der Waals surface area (Å²) in [6.45, 7) is 0. The molecule has 0 radical (unpaired) electrons. The van der Waals surface area contributed by atoms with Crippen molar-refractivity contribution in [3.8, 4) is 30.3 Å². The van der Waals surface area contributed by atoms with Crippen molar-refractivity contribution < 1.29 is 0 Å². The fourth-order valence-corrected chi connectivity index (χ4v) is 0.545. The van der Waals surface area contributed by atoms with E-state index in [9.17, 15) is 0 Å². The first-order valence-electron chi connectivity index (χ1n) is 2.95. The Kier molecular flexibility index (Phi) is 3.25. The van der Waals surface area contributed by atoms with Gasteiger partial charge in [0.2, 0.25) is 0 Å². The first-order chi connectivity index (χ1) is 6.20. The summed E-state index contributed by atoms with van der Waals surface area (Å²) in [4.78, 5) is 0. The van der Waals surface area contributed by atoms with E-state index < -0.39 is 11.0 Å². The fraction of sp³-hybridized carbons (Fsp3) is 0.125. The molecule has 0 saturated heterocycles. The van der Waals surface area contributed by atoms with E-state index in [1.54, 1.807) is 0 Å². The fourth-order valence-electron chi connectivity index (χ4n) is 0.545. The summed E-state index contributed by atoms with van der Waals surface area (Å²) in [6.07, 6.45) is 0.718. The van der Waals surface area contributed by atoms with Gasteiger partial charge in [-0.3, -0.25) is 0 Å². The first kappa shape index (κ1) is 10.2. The van der Waals surface area contributed by atoms with Gasteiger partial charge in [-0.2, -0.15) is 26.3 Å². The van der Waals surface area contributed by atoms with Crippen molar-refractivity contribution in [3.05, 3.63) is 11.6 Å². The molecule has 0 fully saturated rings. The van der Waals surface area contributed by atoms with Crippen molar-refractivity contribution in [2.45, 2.75) is 0 Å². The smallest absolute Gasteiger partial charge is 0.195 e. The van der Waals surface area contributed by atoms with Gasteiger partial charge in [0.05, 0.1) is 17.7 Å². The van der Waals surface area contributed by atoms with Crippen LogP contribution in [-0.2, 0) is 0 Å². The number of rotatable bonds is 1. The van der Waals surface area contributed by atoms with Gasteiger partial charge >= 0.3 is 0 Å². The zero-order valence-corrected chi connectivity index (χ0v) is 6.31. The predicted octanol–water partition coefficient (Wildman–Crippen LogP) is 0.517. The molecule has 0 rings (SSSR count). The van der Waals surface area contributed by atoms with Crippen LogP contribution in [0.4, 0.5) is 0 Å². The minimum Gasteiger partial charge on any atom is -0.195 e. The second-order valence-electron chi connectivity index (χ2n) is 1.88. The zero-order chi connectivity index (χ0) is 10.3. The van der Waals surface area contributed by atoms with Crippen LogP contribution < -0.4 is 0 Å². The molecule has 0 N–H and O–H groups in total. The van der Waals surface area contributed by atoms with Gasteiger partial charge in [-0.25, -0.2) is 0 Å². The molecular formula is C8HN5. The molecular weight excluding hydrogens is 166 g/mol. The maximum absolute atomic E-state index is 8.51. The maximum atomic E-state index is 8.51. The Hall–Kier alpha value is -2.81. The standard InChI is InChI=1S/C8HN5/c9-2-1-7(3-10)8(4-11,5-12)6-13/h1H/b7-1-. The van der Waals surface area contributed by atoms with Crippen LogP contribution >= 0.6 is 0 Å². The Bertz CT molecular complexity index is 401. The summed E-state index contributed by atoms with van der Waals surface area (Å²) in [5.74, 6) is 0. The van der Waals surface area contributed by atoms with Crippen LogP contribution in [0, 0.1) is 62.1 Å². The molecule has 0 amide bonds. The molecule has 0 saturated carbocycles. The highest BCUT2D eigenvalue weighted by molar-refractivity contribution is 5.49. The number of hydrogen-bond acceptors (Lipinski definition) is 5. The highest BCUT2D eigenvalue weighted by Crippen LogP contribution is 2.23.